The van der Waals surface area contributed by atoms with Crippen LogP contribution < -0.4 is 5.32 Å². The Morgan fingerprint density at radius 2 is 1.80 bits per heavy atom. The first-order valence-corrected chi connectivity index (χ1v) is 12.1. The lowest BCUT2D eigenvalue weighted by atomic mass is 9.75. The van der Waals surface area contributed by atoms with E-state index in [0.29, 0.717) is 36.4 Å². The van der Waals surface area contributed by atoms with Gasteiger partial charge in [-0.15, -0.1) is 0 Å². The molecule has 2 atom stereocenters. The van der Waals surface area contributed by atoms with Crippen LogP contribution >= 0.6 is 11.6 Å². The molecule has 194 valence electrons. The predicted molar refractivity (Wildman–Crippen MR) is 124 cm³/mol. The Morgan fingerprint density at radius 1 is 1.20 bits per heavy atom. The van der Waals surface area contributed by atoms with Crippen LogP contribution in [0.25, 0.3) is 0 Å². The Morgan fingerprint density at radius 3 is 2.34 bits per heavy atom. The maximum absolute atomic E-state index is 12.8. The number of carbonyl (C=O) groups excluding carboxylic acids is 2. The van der Waals surface area contributed by atoms with E-state index in [0.717, 1.165) is 38.0 Å². The molecular weight excluding hydrogens is 487 g/mol. The lowest BCUT2D eigenvalue weighted by Crippen LogP contribution is -2.56. The van der Waals surface area contributed by atoms with Gasteiger partial charge in [-0.1, -0.05) is 43.6 Å². The lowest BCUT2D eigenvalue weighted by molar-refractivity contribution is -0.192. The standard InChI is InChI=1S/C22H30ClN3O2.C2HF3O2/c1-15(2)12-25-13-17-18(14-25)22(24-21(17)28)7-9-26(10-8-22)20(27)11-16-5-3-4-6-19(16)23;3-2(4,5)1(6)7/h3-6,15,17-18H,7-14H2,1-2H3,(H,24,28);(H,6,7)/t17-,18+;/m1./s1. The first-order valence-electron chi connectivity index (χ1n) is 11.7. The summed E-state index contributed by atoms with van der Waals surface area (Å²) in [6.45, 7) is 8.80. The van der Waals surface area contributed by atoms with Gasteiger partial charge in [-0.3, -0.25) is 9.59 Å². The zero-order chi connectivity index (χ0) is 26.0. The van der Waals surface area contributed by atoms with Crippen LogP contribution in [0.4, 0.5) is 13.2 Å². The third-order valence-corrected chi connectivity index (χ3v) is 7.36. The van der Waals surface area contributed by atoms with Crippen molar-refractivity contribution in [3.8, 4) is 0 Å². The lowest BCUT2D eigenvalue weighted by Gasteiger charge is -2.43. The minimum absolute atomic E-state index is 0.115. The van der Waals surface area contributed by atoms with Gasteiger partial charge >= 0.3 is 12.1 Å². The molecule has 3 aliphatic rings. The van der Waals surface area contributed by atoms with E-state index in [1.807, 2.05) is 29.2 Å². The van der Waals surface area contributed by atoms with E-state index < -0.39 is 12.1 Å². The van der Waals surface area contributed by atoms with Crippen LogP contribution in [0.5, 0.6) is 0 Å². The van der Waals surface area contributed by atoms with Crippen LogP contribution in [0.1, 0.15) is 32.3 Å². The molecule has 2 amide bonds. The number of alkyl halides is 3. The molecule has 4 rings (SSSR count). The second-order valence-corrected chi connectivity index (χ2v) is 10.3. The van der Waals surface area contributed by atoms with E-state index in [2.05, 4.69) is 24.1 Å². The normalized spacial score (nSPS) is 23.6. The third-order valence-electron chi connectivity index (χ3n) is 6.99. The van der Waals surface area contributed by atoms with Gasteiger partial charge in [0, 0.05) is 49.2 Å². The number of carboxylic acid groups (broad SMARTS) is 1. The van der Waals surface area contributed by atoms with Crippen LogP contribution in [0.2, 0.25) is 5.02 Å². The number of carboxylic acids is 1. The molecule has 35 heavy (non-hydrogen) atoms. The number of likely N-dealkylation sites (tertiary alicyclic amines) is 2. The van der Waals surface area contributed by atoms with Crippen molar-refractivity contribution in [3.63, 3.8) is 0 Å². The first kappa shape index (κ1) is 27.3. The van der Waals surface area contributed by atoms with Crippen molar-refractivity contribution in [2.24, 2.45) is 17.8 Å². The molecule has 3 saturated heterocycles. The Kier molecular flexibility index (Phi) is 8.36. The summed E-state index contributed by atoms with van der Waals surface area (Å²) in [6.07, 6.45) is -3.04. The molecule has 0 unspecified atom stereocenters. The summed E-state index contributed by atoms with van der Waals surface area (Å²) in [5.41, 5.74) is 0.748. The molecule has 7 nitrogen and oxygen atoms in total. The highest BCUT2D eigenvalue weighted by Gasteiger charge is 2.57. The van der Waals surface area contributed by atoms with Crippen LogP contribution in [0.15, 0.2) is 24.3 Å². The Bertz CT molecular complexity index is 948. The van der Waals surface area contributed by atoms with E-state index in [1.54, 1.807) is 0 Å². The highest BCUT2D eigenvalue weighted by atomic mass is 35.5. The number of hydrogen-bond donors (Lipinski definition) is 2. The summed E-state index contributed by atoms with van der Waals surface area (Å²) in [7, 11) is 0. The summed E-state index contributed by atoms with van der Waals surface area (Å²) in [5.74, 6) is -1.32. The molecule has 0 aromatic heterocycles. The van der Waals surface area contributed by atoms with Gasteiger partial charge in [0.2, 0.25) is 11.8 Å². The number of rotatable bonds is 4. The maximum atomic E-state index is 12.8. The van der Waals surface area contributed by atoms with E-state index >= 15 is 0 Å². The van der Waals surface area contributed by atoms with E-state index in [1.165, 1.54) is 0 Å². The number of nitrogens with zero attached hydrogens (tertiary/aromatic N) is 2. The van der Waals surface area contributed by atoms with Crippen molar-refractivity contribution in [2.75, 3.05) is 32.7 Å². The average molecular weight is 518 g/mol. The molecule has 1 aromatic carbocycles. The SMILES string of the molecule is CC(C)CN1C[C@H]2C(=O)NC3(CCN(C(=O)Cc4ccccc4Cl)CC3)[C@H]2C1.O=C(O)C(F)(F)F. The van der Waals surface area contributed by atoms with Crippen LogP contribution in [0.3, 0.4) is 0 Å². The maximum Gasteiger partial charge on any atom is 0.490 e. The van der Waals surface area contributed by atoms with Crippen LogP contribution in [0, 0.1) is 17.8 Å². The molecule has 3 fully saturated rings. The number of amides is 2. The Balaban J connectivity index is 0.000000429. The number of piperidine rings is 1. The van der Waals surface area contributed by atoms with Gasteiger partial charge in [-0.05, 0) is 30.4 Å². The van der Waals surface area contributed by atoms with Gasteiger partial charge in [0.1, 0.15) is 0 Å². The van der Waals surface area contributed by atoms with Gasteiger partial charge in [0.05, 0.1) is 12.3 Å². The van der Waals surface area contributed by atoms with Crippen molar-refractivity contribution in [2.45, 2.75) is 44.8 Å². The second kappa shape index (κ2) is 10.7. The molecule has 3 aliphatic heterocycles. The van der Waals surface area contributed by atoms with Gasteiger partial charge in [-0.25, -0.2) is 4.79 Å². The molecule has 0 bridgehead atoms. The zero-order valence-electron chi connectivity index (χ0n) is 19.8. The fourth-order valence-corrected chi connectivity index (χ4v) is 5.58. The zero-order valence-corrected chi connectivity index (χ0v) is 20.5. The van der Waals surface area contributed by atoms with Crippen molar-refractivity contribution in [1.29, 1.82) is 0 Å². The molecule has 1 spiro atoms. The molecule has 11 heteroatoms. The topological polar surface area (TPSA) is 90.0 Å². The quantitative estimate of drug-likeness (QED) is 0.640. The number of fused-ring (bicyclic) bond motifs is 2. The number of aliphatic carboxylic acids is 1. The van der Waals surface area contributed by atoms with Gasteiger partial charge in [0.25, 0.3) is 0 Å². The van der Waals surface area contributed by atoms with Gasteiger partial charge in [-0.2, -0.15) is 13.2 Å². The number of hydrogen-bond acceptors (Lipinski definition) is 4. The Hall–Kier alpha value is -2.33. The smallest absolute Gasteiger partial charge is 0.475 e. The molecule has 1 aromatic rings. The van der Waals surface area contributed by atoms with Crippen molar-refractivity contribution < 1.29 is 32.7 Å². The highest BCUT2D eigenvalue weighted by molar-refractivity contribution is 6.31. The molecular formula is C24H31ClF3N3O4. The first-order chi connectivity index (χ1) is 16.3. The van der Waals surface area contributed by atoms with Gasteiger partial charge < -0.3 is 20.2 Å². The highest BCUT2D eigenvalue weighted by Crippen LogP contribution is 2.44. The largest absolute Gasteiger partial charge is 0.490 e. The number of halogens is 4. The fraction of sp³-hybridized carbons (Fsp3) is 0.625. The minimum Gasteiger partial charge on any atom is -0.475 e. The summed E-state index contributed by atoms with van der Waals surface area (Å²) in [4.78, 5) is 38.7. The summed E-state index contributed by atoms with van der Waals surface area (Å²) in [5, 5.41) is 11.1. The number of nitrogens with one attached hydrogen (secondary N) is 1. The van der Waals surface area contributed by atoms with Crippen LogP contribution in [-0.4, -0.2) is 77.1 Å². The minimum atomic E-state index is -5.08. The monoisotopic (exact) mass is 517 g/mol. The van der Waals surface area contributed by atoms with E-state index in [-0.39, 0.29) is 23.3 Å². The van der Waals surface area contributed by atoms with Crippen molar-refractivity contribution in [1.82, 2.24) is 15.1 Å². The van der Waals surface area contributed by atoms with Crippen molar-refractivity contribution >= 4 is 29.4 Å². The van der Waals surface area contributed by atoms with E-state index in [9.17, 15) is 22.8 Å². The van der Waals surface area contributed by atoms with E-state index in [4.69, 9.17) is 21.5 Å². The predicted octanol–water partition coefficient (Wildman–Crippen LogP) is 3.21. The summed E-state index contributed by atoms with van der Waals surface area (Å²) < 4.78 is 31.7. The summed E-state index contributed by atoms with van der Waals surface area (Å²) in [6, 6.07) is 7.53. The fourth-order valence-electron chi connectivity index (χ4n) is 5.37. The average Bonchev–Trinajstić information content (AvgIpc) is 3.28. The molecule has 0 aliphatic carbocycles. The summed E-state index contributed by atoms with van der Waals surface area (Å²) >= 11 is 6.21. The van der Waals surface area contributed by atoms with Crippen molar-refractivity contribution in [3.05, 3.63) is 34.9 Å². The third kappa shape index (κ3) is 6.46. The van der Waals surface area contributed by atoms with Crippen LogP contribution in [-0.2, 0) is 20.8 Å². The molecule has 0 saturated carbocycles. The number of benzene rings is 1. The molecule has 3 heterocycles. The van der Waals surface area contributed by atoms with Gasteiger partial charge in [0.15, 0.2) is 0 Å². The molecule has 2 N–H and O–H groups in total. The molecule has 0 radical (unpaired) electrons. The number of carbonyl (C=O) groups is 3. The Labute approximate surface area is 207 Å². The second-order valence-electron chi connectivity index (χ2n) is 9.92.